The zero-order valence-electron chi connectivity index (χ0n) is 11.6. The van der Waals surface area contributed by atoms with Gasteiger partial charge in [-0.3, -0.25) is 4.79 Å². The van der Waals surface area contributed by atoms with E-state index in [0.29, 0.717) is 24.9 Å². The zero-order valence-corrected chi connectivity index (χ0v) is 11.6. The van der Waals surface area contributed by atoms with Crippen LogP contribution in [0.25, 0.3) is 5.69 Å². The number of nitrogens with zero attached hydrogens (tertiary/aromatic N) is 1. The maximum atomic E-state index is 11.9. The predicted octanol–water partition coefficient (Wildman–Crippen LogP) is 2.37. The van der Waals surface area contributed by atoms with E-state index in [1.165, 1.54) is 0 Å². The fraction of sp³-hybridized carbons (Fsp3) is 0.312. The largest absolute Gasteiger partial charge is 0.393 e. The first-order chi connectivity index (χ1) is 9.70. The quantitative estimate of drug-likeness (QED) is 0.848. The van der Waals surface area contributed by atoms with E-state index in [1.807, 2.05) is 48.1 Å². The van der Waals surface area contributed by atoms with Crippen LogP contribution in [-0.2, 0) is 0 Å². The van der Waals surface area contributed by atoms with E-state index in [2.05, 4.69) is 5.32 Å². The molecule has 2 N–H and O–H groups in total. The van der Waals surface area contributed by atoms with E-state index < -0.39 is 0 Å². The molecule has 2 aromatic rings. The Labute approximate surface area is 119 Å². The number of hydrogen-bond acceptors (Lipinski definition) is 2. The van der Waals surface area contributed by atoms with Crippen LogP contribution in [0.5, 0.6) is 0 Å². The molecule has 1 atom stereocenters. The molecule has 0 bridgehead atoms. The number of aliphatic hydroxyl groups excluding tert-OH is 1. The maximum absolute atomic E-state index is 11.9. The molecule has 1 amide bonds. The molecule has 0 radical (unpaired) electrons. The van der Waals surface area contributed by atoms with Crippen LogP contribution in [-0.4, -0.2) is 28.2 Å². The van der Waals surface area contributed by atoms with Crippen LogP contribution in [0.2, 0.25) is 0 Å². The summed E-state index contributed by atoms with van der Waals surface area (Å²) < 4.78 is 1.99. The van der Waals surface area contributed by atoms with Gasteiger partial charge in [0.25, 0.3) is 5.91 Å². The van der Waals surface area contributed by atoms with Crippen molar-refractivity contribution in [3.05, 3.63) is 54.4 Å². The molecule has 1 unspecified atom stereocenters. The number of hydrogen-bond donors (Lipinski definition) is 2. The molecule has 106 valence electrons. The van der Waals surface area contributed by atoms with Crippen LogP contribution in [0.1, 0.15) is 30.1 Å². The number of aliphatic hydroxyl groups is 1. The van der Waals surface area contributed by atoms with Crippen molar-refractivity contribution in [3.63, 3.8) is 0 Å². The second-order valence-corrected chi connectivity index (χ2v) is 4.74. The summed E-state index contributed by atoms with van der Waals surface area (Å²) in [5, 5.41) is 12.2. The first kappa shape index (κ1) is 14.3. The topological polar surface area (TPSA) is 54.3 Å². The summed E-state index contributed by atoms with van der Waals surface area (Å²) in [5.41, 5.74) is 1.65. The van der Waals surface area contributed by atoms with E-state index >= 15 is 0 Å². The number of rotatable bonds is 6. The number of carbonyl (C=O) groups excluding carboxylic acids is 1. The van der Waals surface area contributed by atoms with Crippen molar-refractivity contribution in [2.75, 3.05) is 6.54 Å². The van der Waals surface area contributed by atoms with Gasteiger partial charge in [-0.2, -0.15) is 0 Å². The average molecular weight is 272 g/mol. The molecular weight excluding hydrogens is 252 g/mol. The third-order valence-electron chi connectivity index (χ3n) is 3.27. The van der Waals surface area contributed by atoms with Gasteiger partial charge in [0.15, 0.2) is 0 Å². The van der Waals surface area contributed by atoms with Gasteiger partial charge in [0.2, 0.25) is 0 Å². The van der Waals surface area contributed by atoms with Crippen LogP contribution >= 0.6 is 0 Å². The third kappa shape index (κ3) is 3.71. The molecule has 0 aliphatic carbocycles. The summed E-state index contributed by atoms with van der Waals surface area (Å²) in [5.74, 6) is -0.104. The molecule has 1 heterocycles. The lowest BCUT2D eigenvalue weighted by molar-refractivity contribution is 0.0942. The average Bonchev–Trinajstić information content (AvgIpc) is 3.01. The summed E-state index contributed by atoms with van der Waals surface area (Å²) in [6, 6.07) is 11.4. The molecule has 0 saturated heterocycles. The zero-order chi connectivity index (χ0) is 14.4. The van der Waals surface area contributed by atoms with Gasteiger partial charge >= 0.3 is 0 Å². The lowest BCUT2D eigenvalue weighted by Gasteiger charge is -2.09. The summed E-state index contributed by atoms with van der Waals surface area (Å²) in [6.45, 7) is 2.42. The van der Waals surface area contributed by atoms with Crippen molar-refractivity contribution < 1.29 is 9.90 Å². The van der Waals surface area contributed by atoms with E-state index in [1.54, 1.807) is 12.1 Å². The van der Waals surface area contributed by atoms with Crippen molar-refractivity contribution in [1.82, 2.24) is 9.88 Å². The smallest absolute Gasteiger partial charge is 0.251 e. The number of aromatic nitrogens is 1. The van der Waals surface area contributed by atoms with Crippen molar-refractivity contribution in [2.24, 2.45) is 0 Å². The Kier molecular flexibility index (Phi) is 4.96. The van der Waals surface area contributed by atoms with Crippen molar-refractivity contribution in [3.8, 4) is 5.69 Å². The van der Waals surface area contributed by atoms with Crippen LogP contribution in [0.4, 0.5) is 0 Å². The highest BCUT2D eigenvalue weighted by Gasteiger charge is 2.06. The van der Waals surface area contributed by atoms with Gasteiger partial charge in [0.05, 0.1) is 6.10 Å². The molecule has 0 fully saturated rings. The minimum absolute atomic E-state index is 0.104. The standard InChI is InChI=1S/C16H20N2O2/c1-2-15(19)9-10-17-16(20)13-5-7-14(8-6-13)18-11-3-4-12-18/h3-8,11-12,15,19H,2,9-10H2,1H3,(H,17,20). The Balaban J connectivity index is 1.91. The van der Waals surface area contributed by atoms with Gasteiger partial charge in [0, 0.05) is 30.2 Å². The van der Waals surface area contributed by atoms with Gasteiger partial charge in [0.1, 0.15) is 0 Å². The van der Waals surface area contributed by atoms with Gasteiger partial charge in [-0.05, 0) is 49.2 Å². The molecule has 1 aromatic heterocycles. The molecule has 20 heavy (non-hydrogen) atoms. The number of carbonyl (C=O) groups is 1. The molecule has 4 nitrogen and oxygen atoms in total. The third-order valence-corrected chi connectivity index (χ3v) is 3.27. The Morgan fingerprint density at radius 2 is 1.90 bits per heavy atom. The fourth-order valence-corrected chi connectivity index (χ4v) is 1.95. The first-order valence-electron chi connectivity index (χ1n) is 6.90. The highest BCUT2D eigenvalue weighted by atomic mass is 16.3. The minimum atomic E-state index is -0.341. The minimum Gasteiger partial charge on any atom is -0.393 e. The number of amides is 1. The Hall–Kier alpha value is -2.07. The van der Waals surface area contributed by atoms with Crippen molar-refractivity contribution >= 4 is 5.91 Å². The van der Waals surface area contributed by atoms with E-state index in [-0.39, 0.29) is 12.0 Å². The number of benzene rings is 1. The lowest BCUT2D eigenvalue weighted by Crippen LogP contribution is -2.26. The van der Waals surface area contributed by atoms with Gasteiger partial charge in [-0.1, -0.05) is 6.92 Å². The predicted molar refractivity (Wildman–Crippen MR) is 79.0 cm³/mol. The van der Waals surface area contributed by atoms with Crippen LogP contribution in [0, 0.1) is 0 Å². The molecule has 4 heteroatoms. The van der Waals surface area contributed by atoms with Gasteiger partial charge in [-0.25, -0.2) is 0 Å². The highest BCUT2D eigenvalue weighted by Crippen LogP contribution is 2.10. The molecule has 0 aliphatic rings. The fourth-order valence-electron chi connectivity index (χ4n) is 1.95. The van der Waals surface area contributed by atoms with Gasteiger partial charge < -0.3 is 15.0 Å². The second-order valence-electron chi connectivity index (χ2n) is 4.74. The van der Waals surface area contributed by atoms with E-state index in [4.69, 9.17) is 0 Å². The van der Waals surface area contributed by atoms with E-state index in [9.17, 15) is 9.90 Å². The van der Waals surface area contributed by atoms with Crippen LogP contribution in [0.3, 0.4) is 0 Å². The van der Waals surface area contributed by atoms with Gasteiger partial charge in [-0.15, -0.1) is 0 Å². The van der Waals surface area contributed by atoms with Crippen LogP contribution < -0.4 is 5.32 Å². The normalized spacial score (nSPS) is 12.1. The molecule has 0 spiro atoms. The molecule has 2 rings (SSSR count). The molecule has 0 aliphatic heterocycles. The Morgan fingerprint density at radius 3 is 2.50 bits per heavy atom. The van der Waals surface area contributed by atoms with Crippen molar-refractivity contribution in [1.29, 1.82) is 0 Å². The summed E-state index contributed by atoms with van der Waals surface area (Å²) in [4.78, 5) is 11.9. The highest BCUT2D eigenvalue weighted by molar-refractivity contribution is 5.94. The monoisotopic (exact) mass is 272 g/mol. The summed E-state index contributed by atoms with van der Waals surface area (Å²) >= 11 is 0. The maximum Gasteiger partial charge on any atom is 0.251 e. The number of nitrogens with one attached hydrogen (secondary N) is 1. The second kappa shape index (κ2) is 6.91. The van der Waals surface area contributed by atoms with E-state index in [0.717, 1.165) is 5.69 Å². The summed E-state index contributed by atoms with van der Waals surface area (Å²) in [7, 11) is 0. The van der Waals surface area contributed by atoms with Crippen molar-refractivity contribution in [2.45, 2.75) is 25.9 Å². The van der Waals surface area contributed by atoms with Crippen LogP contribution in [0.15, 0.2) is 48.8 Å². The molecular formula is C16H20N2O2. The molecule has 0 saturated carbocycles. The molecule has 1 aromatic carbocycles. The first-order valence-corrected chi connectivity index (χ1v) is 6.90. The summed E-state index contributed by atoms with van der Waals surface area (Å²) in [6.07, 6.45) is 4.87. The Bertz CT molecular complexity index is 532. The SMILES string of the molecule is CCC(O)CCNC(=O)c1ccc(-n2cccc2)cc1. The Morgan fingerprint density at radius 1 is 1.25 bits per heavy atom. The lowest BCUT2D eigenvalue weighted by atomic mass is 10.1.